The van der Waals surface area contributed by atoms with Crippen LogP contribution >= 0.6 is 0 Å². The van der Waals surface area contributed by atoms with Crippen molar-refractivity contribution in [2.24, 2.45) is 11.3 Å². The van der Waals surface area contributed by atoms with Gasteiger partial charge in [0.2, 0.25) is 0 Å². The van der Waals surface area contributed by atoms with Gasteiger partial charge in [0.1, 0.15) is 0 Å². The summed E-state index contributed by atoms with van der Waals surface area (Å²) in [6.45, 7) is 9.03. The van der Waals surface area contributed by atoms with Crippen molar-refractivity contribution in [3.8, 4) is 0 Å². The fourth-order valence-electron chi connectivity index (χ4n) is 1.64. The van der Waals surface area contributed by atoms with Crippen molar-refractivity contribution in [1.82, 2.24) is 0 Å². The molecule has 0 fully saturated rings. The summed E-state index contributed by atoms with van der Waals surface area (Å²) in [5, 5.41) is 0. The van der Waals surface area contributed by atoms with Gasteiger partial charge in [-0.2, -0.15) is 0 Å². The van der Waals surface area contributed by atoms with E-state index in [9.17, 15) is 0 Å². The van der Waals surface area contributed by atoms with Gasteiger partial charge in [-0.1, -0.05) is 51.5 Å². The molecule has 0 nitrogen and oxygen atoms in total. The van der Waals surface area contributed by atoms with Crippen molar-refractivity contribution >= 4 is 0 Å². The molecule has 0 heteroatoms. The predicted octanol–water partition coefficient (Wildman–Crippen LogP) is 3.16. The molecule has 0 aliphatic heterocycles. The summed E-state index contributed by atoms with van der Waals surface area (Å²) in [7, 11) is 0. The maximum atomic E-state index is 2.27. The molecule has 10 heavy (non-hydrogen) atoms. The minimum absolute atomic E-state index is 0.314. The molecule has 0 aromatic rings. The van der Waals surface area contributed by atoms with E-state index in [1.165, 1.54) is 0 Å². The highest BCUT2D eigenvalue weighted by molar-refractivity contribution is 5.32. The normalized spacial score (nSPS) is 21.9. The van der Waals surface area contributed by atoms with Crippen molar-refractivity contribution in [3.05, 3.63) is 23.8 Å². The number of hydrogen-bond donors (Lipinski definition) is 0. The van der Waals surface area contributed by atoms with E-state index in [0.29, 0.717) is 11.3 Å². The molecule has 0 unspecified atom stereocenters. The smallest absolute Gasteiger partial charge is 0.00430 e. The van der Waals surface area contributed by atoms with E-state index in [-0.39, 0.29) is 0 Å². The van der Waals surface area contributed by atoms with E-state index in [1.54, 1.807) is 5.57 Å². The lowest BCUT2D eigenvalue weighted by Crippen LogP contribution is -2.12. The quantitative estimate of drug-likeness (QED) is 0.519. The topological polar surface area (TPSA) is 0 Å². The second-order valence-electron chi connectivity index (χ2n) is 3.86. The molecule has 0 bridgehead atoms. The van der Waals surface area contributed by atoms with Crippen LogP contribution in [0.2, 0.25) is 0 Å². The molecule has 1 rings (SSSR count). The van der Waals surface area contributed by atoms with Gasteiger partial charge in [0.25, 0.3) is 0 Å². The molecule has 56 valence electrons. The molecule has 0 atom stereocenters. The van der Waals surface area contributed by atoms with Crippen LogP contribution < -0.4 is 0 Å². The van der Waals surface area contributed by atoms with E-state index in [4.69, 9.17) is 0 Å². The molecule has 0 aromatic heterocycles. The van der Waals surface area contributed by atoms with Crippen LogP contribution in [-0.4, -0.2) is 0 Å². The summed E-state index contributed by atoms with van der Waals surface area (Å²) in [6, 6.07) is 0. The second kappa shape index (κ2) is 2.26. The molecule has 0 spiro atoms. The number of allylic oxidation sites excluding steroid dienone is 4. The van der Waals surface area contributed by atoms with Crippen LogP contribution in [0.3, 0.4) is 0 Å². The van der Waals surface area contributed by atoms with Crippen molar-refractivity contribution in [3.63, 3.8) is 0 Å². The Hall–Kier alpha value is -0.520. The standard InChI is InChI=1S/C10H16/c1-8(2)9-6-5-7-10(9,3)4/h5-8H,1-4H3. The van der Waals surface area contributed by atoms with E-state index >= 15 is 0 Å². The third-order valence-corrected chi connectivity index (χ3v) is 2.15. The van der Waals surface area contributed by atoms with E-state index in [2.05, 4.69) is 45.9 Å². The number of rotatable bonds is 1. The van der Waals surface area contributed by atoms with Gasteiger partial charge in [-0.15, -0.1) is 0 Å². The lowest BCUT2D eigenvalue weighted by molar-refractivity contribution is 0.516. The summed E-state index contributed by atoms with van der Waals surface area (Å²) >= 11 is 0. The van der Waals surface area contributed by atoms with Crippen LogP contribution in [0.4, 0.5) is 0 Å². The molecule has 0 saturated carbocycles. The highest BCUT2D eigenvalue weighted by Crippen LogP contribution is 2.36. The monoisotopic (exact) mass is 136 g/mol. The van der Waals surface area contributed by atoms with E-state index in [1.807, 2.05) is 0 Å². The first-order chi connectivity index (χ1) is 4.54. The summed E-state index contributed by atoms with van der Waals surface area (Å²) in [5.74, 6) is 0.685. The summed E-state index contributed by atoms with van der Waals surface area (Å²) in [5.41, 5.74) is 1.86. The minimum atomic E-state index is 0.314. The largest absolute Gasteiger partial charge is 0.0748 e. The van der Waals surface area contributed by atoms with Crippen LogP contribution in [0.5, 0.6) is 0 Å². The second-order valence-corrected chi connectivity index (χ2v) is 3.86. The molecule has 1 aliphatic carbocycles. The highest BCUT2D eigenvalue weighted by atomic mass is 14.3. The minimum Gasteiger partial charge on any atom is -0.0748 e. The zero-order valence-corrected chi connectivity index (χ0v) is 7.31. The van der Waals surface area contributed by atoms with Gasteiger partial charge in [-0.3, -0.25) is 0 Å². The van der Waals surface area contributed by atoms with Crippen molar-refractivity contribution in [2.75, 3.05) is 0 Å². The van der Waals surface area contributed by atoms with Gasteiger partial charge in [0.05, 0.1) is 0 Å². The Bertz CT molecular complexity index is 180. The zero-order chi connectivity index (χ0) is 7.78. The van der Waals surface area contributed by atoms with Crippen LogP contribution in [0, 0.1) is 11.3 Å². The Morgan fingerprint density at radius 1 is 1.30 bits per heavy atom. The summed E-state index contributed by atoms with van der Waals surface area (Å²) < 4.78 is 0. The van der Waals surface area contributed by atoms with Crippen LogP contribution in [0.25, 0.3) is 0 Å². The highest BCUT2D eigenvalue weighted by Gasteiger charge is 2.24. The third kappa shape index (κ3) is 1.16. The third-order valence-electron chi connectivity index (χ3n) is 2.15. The maximum Gasteiger partial charge on any atom is 0.00430 e. The maximum absolute atomic E-state index is 2.27. The average Bonchev–Trinajstić information content (AvgIpc) is 2.08. The molecule has 0 saturated heterocycles. The fourth-order valence-corrected chi connectivity index (χ4v) is 1.64. The molecular formula is C10H16. The van der Waals surface area contributed by atoms with Crippen molar-refractivity contribution in [2.45, 2.75) is 27.7 Å². The van der Waals surface area contributed by atoms with Gasteiger partial charge >= 0.3 is 0 Å². The zero-order valence-electron chi connectivity index (χ0n) is 7.31. The molecule has 0 aromatic carbocycles. The SMILES string of the molecule is CC(C)C1=CC=CC1(C)C. The Balaban J connectivity index is 2.83. The van der Waals surface area contributed by atoms with Crippen LogP contribution in [0.15, 0.2) is 23.8 Å². The van der Waals surface area contributed by atoms with Gasteiger partial charge in [-0.25, -0.2) is 0 Å². The summed E-state index contributed by atoms with van der Waals surface area (Å²) in [6.07, 6.45) is 6.67. The van der Waals surface area contributed by atoms with E-state index < -0.39 is 0 Å². The lowest BCUT2D eigenvalue weighted by Gasteiger charge is -2.23. The molecule has 0 radical (unpaired) electrons. The lowest BCUT2D eigenvalue weighted by atomic mass is 9.81. The average molecular weight is 136 g/mol. The molecule has 0 amide bonds. The number of hydrogen-bond acceptors (Lipinski definition) is 0. The van der Waals surface area contributed by atoms with Gasteiger partial charge in [0.15, 0.2) is 0 Å². The first-order valence-electron chi connectivity index (χ1n) is 3.94. The Morgan fingerprint density at radius 3 is 2.10 bits per heavy atom. The van der Waals surface area contributed by atoms with Gasteiger partial charge in [-0.05, 0) is 5.92 Å². The molecular weight excluding hydrogens is 120 g/mol. The van der Waals surface area contributed by atoms with Crippen LogP contribution in [0.1, 0.15) is 27.7 Å². The molecule has 0 N–H and O–H groups in total. The van der Waals surface area contributed by atoms with Crippen molar-refractivity contribution < 1.29 is 0 Å². The first-order valence-corrected chi connectivity index (χ1v) is 3.94. The van der Waals surface area contributed by atoms with Crippen molar-refractivity contribution in [1.29, 1.82) is 0 Å². The molecule has 1 aliphatic rings. The Kier molecular flexibility index (Phi) is 1.72. The first kappa shape index (κ1) is 7.59. The Morgan fingerprint density at radius 2 is 1.90 bits per heavy atom. The predicted molar refractivity (Wildman–Crippen MR) is 45.8 cm³/mol. The Labute approximate surface area is 63.6 Å². The van der Waals surface area contributed by atoms with Gasteiger partial charge in [0, 0.05) is 5.41 Å². The van der Waals surface area contributed by atoms with Gasteiger partial charge < -0.3 is 0 Å². The molecule has 0 heterocycles. The van der Waals surface area contributed by atoms with E-state index in [0.717, 1.165) is 0 Å². The van der Waals surface area contributed by atoms with Crippen LogP contribution in [-0.2, 0) is 0 Å². The summed E-state index contributed by atoms with van der Waals surface area (Å²) in [4.78, 5) is 0. The fraction of sp³-hybridized carbons (Fsp3) is 0.600.